The highest BCUT2D eigenvalue weighted by molar-refractivity contribution is 9.10. The number of benzene rings is 1. The summed E-state index contributed by atoms with van der Waals surface area (Å²) in [7, 11) is 0. The third-order valence-electron chi connectivity index (χ3n) is 1.96. The van der Waals surface area contributed by atoms with Crippen LogP contribution in [0, 0.1) is 0 Å². The van der Waals surface area contributed by atoms with Crippen molar-refractivity contribution in [1.82, 2.24) is 0 Å². The molecule has 0 fully saturated rings. The van der Waals surface area contributed by atoms with E-state index in [4.69, 9.17) is 9.62 Å². The van der Waals surface area contributed by atoms with E-state index < -0.39 is 0 Å². The van der Waals surface area contributed by atoms with Crippen LogP contribution in [0.15, 0.2) is 43.3 Å². The molecule has 2 aromatic rings. The smallest absolute Gasteiger partial charge is 0.201 e. The monoisotopic (exact) mass is 267 g/mol. The Labute approximate surface area is 93.0 Å². The lowest BCUT2D eigenvalue weighted by Crippen LogP contribution is -2.07. The second kappa shape index (κ2) is 3.86. The summed E-state index contributed by atoms with van der Waals surface area (Å²) in [6.45, 7) is 0. The molecule has 0 aliphatic rings. The second-order valence-corrected chi connectivity index (χ2v) is 3.82. The highest BCUT2D eigenvalue weighted by Crippen LogP contribution is 2.17. The van der Waals surface area contributed by atoms with Gasteiger partial charge >= 0.3 is 0 Å². The molecule has 1 heterocycles. The molecular weight excluding hydrogens is 262 g/mol. The summed E-state index contributed by atoms with van der Waals surface area (Å²) in [5.41, 5.74) is 0.483. The molecule has 4 nitrogen and oxygen atoms in total. The van der Waals surface area contributed by atoms with Gasteiger partial charge in [0.15, 0.2) is 0 Å². The van der Waals surface area contributed by atoms with Crippen molar-refractivity contribution in [1.29, 1.82) is 0 Å². The zero-order chi connectivity index (χ0) is 10.8. The van der Waals surface area contributed by atoms with E-state index in [2.05, 4.69) is 21.1 Å². The van der Waals surface area contributed by atoms with Gasteiger partial charge in [-0.2, -0.15) is 0 Å². The van der Waals surface area contributed by atoms with Crippen LogP contribution in [0.2, 0.25) is 0 Å². The Bertz CT molecular complexity index is 589. The number of nitrogens with zero attached hydrogens (tertiary/aromatic N) is 1. The van der Waals surface area contributed by atoms with Gasteiger partial charge in [0.2, 0.25) is 5.43 Å². The molecule has 0 unspecified atom stereocenters. The Morgan fingerprint density at radius 3 is 3.00 bits per heavy atom. The molecule has 15 heavy (non-hydrogen) atoms. The average molecular weight is 268 g/mol. The number of oxime groups is 1. The SMILES string of the molecule is O=c1c(C=NO)coc2ccc(Br)cc12. The number of rotatable bonds is 1. The number of halogens is 1. The van der Waals surface area contributed by atoms with Crippen LogP contribution in [0.5, 0.6) is 0 Å². The number of hydrogen-bond donors (Lipinski definition) is 1. The first-order chi connectivity index (χ1) is 7.22. The highest BCUT2D eigenvalue weighted by atomic mass is 79.9. The van der Waals surface area contributed by atoms with Gasteiger partial charge in [0.05, 0.1) is 17.2 Å². The van der Waals surface area contributed by atoms with Crippen molar-refractivity contribution in [3.63, 3.8) is 0 Å². The third-order valence-corrected chi connectivity index (χ3v) is 2.45. The summed E-state index contributed by atoms with van der Waals surface area (Å²) in [6.07, 6.45) is 2.31. The number of fused-ring (bicyclic) bond motifs is 1. The fourth-order valence-electron chi connectivity index (χ4n) is 1.27. The molecule has 0 atom stereocenters. The predicted octanol–water partition coefficient (Wildman–Crippen LogP) is 2.36. The van der Waals surface area contributed by atoms with E-state index in [9.17, 15) is 4.79 Å². The Hall–Kier alpha value is -1.62. The van der Waals surface area contributed by atoms with Crippen LogP contribution in [-0.4, -0.2) is 11.4 Å². The highest BCUT2D eigenvalue weighted by Gasteiger charge is 2.05. The lowest BCUT2D eigenvalue weighted by molar-refractivity contribution is 0.321. The first-order valence-corrected chi connectivity index (χ1v) is 4.90. The molecule has 1 aromatic carbocycles. The molecule has 0 radical (unpaired) electrons. The molecule has 1 N–H and O–H groups in total. The van der Waals surface area contributed by atoms with E-state index in [0.717, 1.165) is 10.7 Å². The summed E-state index contributed by atoms with van der Waals surface area (Å²) >= 11 is 3.27. The van der Waals surface area contributed by atoms with Gasteiger partial charge in [0.25, 0.3) is 0 Å². The van der Waals surface area contributed by atoms with Gasteiger partial charge in [0.1, 0.15) is 11.8 Å². The Balaban J connectivity index is 2.83. The Morgan fingerprint density at radius 2 is 2.27 bits per heavy atom. The van der Waals surface area contributed by atoms with E-state index in [1.165, 1.54) is 6.26 Å². The Morgan fingerprint density at radius 1 is 1.47 bits per heavy atom. The molecule has 5 heteroatoms. The van der Waals surface area contributed by atoms with Gasteiger partial charge in [-0.05, 0) is 18.2 Å². The van der Waals surface area contributed by atoms with Gasteiger partial charge in [-0.15, -0.1) is 0 Å². The quantitative estimate of drug-likeness (QED) is 0.490. The van der Waals surface area contributed by atoms with E-state index in [-0.39, 0.29) is 11.0 Å². The normalized spacial score (nSPS) is 11.3. The minimum atomic E-state index is -0.227. The largest absolute Gasteiger partial charge is 0.463 e. The average Bonchev–Trinajstić information content (AvgIpc) is 2.23. The van der Waals surface area contributed by atoms with Crippen molar-refractivity contribution in [2.75, 3.05) is 0 Å². The Kier molecular flexibility index (Phi) is 2.55. The maximum absolute atomic E-state index is 11.8. The van der Waals surface area contributed by atoms with Crippen LogP contribution in [-0.2, 0) is 0 Å². The second-order valence-electron chi connectivity index (χ2n) is 2.91. The van der Waals surface area contributed by atoms with Gasteiger partial charge in [0, 0.05) is 4.47 Å². The van der Waals surface area contributed by atoms with Crippen LogP contribution in [0.3, 0.4) is 0 Å². The fraction of sp³-hybridized carbons (Fsp3) is 0. The molecule has 0 spiro atoms. The van der Waals surface area contributed by atoms with E-state index >= 15 is 0 Å². The lowest BCUT2D eigenvalue weighted by Gasteiger charge is -1.97. The molecular formula is C10H6BrNO3. The molecule has 0 aliphatic heterocycles. The van der Waals surface area contributed by atoms with Gasteiger partial charge < -0.3 is 9.62 Å². The molecule has 0 amide bonds. The predicted molar refractivity (Wildman–Crippen MR) is 59.6 cm³/mol. The lowest BCUT2D eigenvalue weighted by atomic mass is 10.2. The molecule has 76 valence electrons. The third kappa shape index (κ3) is 1.78. The van der Waals surface area contributed by atoms with Gasteiger partial charge in [-0.3, -0.25) is 4.79 Å². The maximum Gasteiger partial charge on any atom is 0.201 e. The van der Waals surface area contributed by atoms with Crippen molar-refractivity contribution < 1.29 is 9.62 Å². The zero-order valence-corrected chi connectivity index (χ0v) is 9.06. The van der Waals surface area contributed by atoms with Crippen LogP contribution in [0.4, 0.5) is 0 Å². The standard InChI is InChI=1S/C10H6BrNO3/c11-7-1-2-9-8(3-7)10(13)6(4-12-14)5-15-9/h1-5,14H. The summed E-state index contributed by atoms with van der Waals surface area (Å²) in [6, 6.07) is 5.14. The summed E-state index contributed by atoms with van der Waals surface area (Å²) in [5, 5.41) is 11.6. The molecule has 1 aromatic heterocycles. The van der Waals surface area contributed by atoms with E-state index in [1.807, 2.05) is 0 Å². The van der Waals surface area contributed by atoms with Gasteiger partial charge in [-0.25, -0.2) is 0 Å². The maximum atomic E-state index is 11.8. The van der Waals surface area contributed by atoms with Crippen molar-refractivity contribution in [3.05, 3.63) is 44.7 Å². The molecule has 0 bridgehead atoms. The van der Waals surface area contributed by atoms with Crippen molar-refractivity contribution in [2.45, 2.75) is 0 Å². The van der Waals surface area contributed by atoms with Crippen molar-refractivity contribution in [2.24, 2.45) is 5.16 Å². The zero-order valence-electron chi connectivity index (χ0n) is 7.48. The molecule has 2 rings (SSSR count). The first-order valence-electron chi connectivity index (χ1n) is 4.11. The van der Waals surface area contributed by atoms with E-state index in [0.29, 0.717) is 11.0 Å². The molecule has 0 saturated carbocycles. The van der Waals surface area contributed by atoms with Crippen LogP contribution in [0.1, 0.15) is 5.56 Å². The first kappa shape index (κ1) is 9.92. The topological polar surface area (TPSA) is 62.8 Å². The van der Waals surface area contributed by atoms with Crippen LogP contribution < -0.4 is 5.43 Å². The van der Waals surface area contributed by atoms with Crippen LogP contribution in [0.25, 0.3) is 11.0 Å². The van der Waals surface area contributed by atoms with Gasteiger partial charge in [-0.1, -0.05) is 21.1 Å². The van der Waals surface area contributed by atoms with Crippen molar-refractivity contribution >= 4 is 33.1 Å². The van der Waals surface area contributed by atoms with Crippen LogP contribution >= 0.6 is 15.9 Å². The van der Waals surface area contributed by atoms with Crippen molar-refractivity contribution in [3.8, 4) is 0 Å². The summed E-state index contributed by atoms with van der Waals surface area (Å²) < 4.78 is 6.00. The summed E-state index contributed by atoms with van der Waals surface area (Å²) in [4.78, 5) is 11.8. The minimum Gasteiger partial charge on any atom is -0.463 e. The molecule has 0 aliphatic carbocycles. The molecule has 0 saturated heterocycles. The fourth-order valence-corrected chi connectivity index (χ4v) is 1.63. The summed E-state index contributed by atoms with van der Waals surface area (Å²) in [5.74, 6) is 0. The minimum absolute atomic E-state index is 0.211. The number of hydrogen-bond acceptors (Lipinski definition) is 4. The van der Waals surface area contributed by atoms with E-state index in [1.54, 1.807) is 18.2 Å².